The molecule has 1 aromatic carbocycles. The van der Waals surface area contributed by atoms with E-state index in [1.807, 2.05) is 0 Å². The molecule has 172 valence electrons. The van der Waals surface area contributed by atoms with Crippen LogP contribution in [-0.2, 0) is 24.0 Å². The molecule has 2 atom stereocenters. The predicted molar refractivity (Wildman–Crippen MR) is 113 cm³/mol. The van der Waals surface area contributed by atoms with E-state index >= 15 is 0 Å². The van der Waals surface area contributed by atoms with Crippen LogP contribution in [0.15, 0.2) is 18.2 Å². The van der Waals surface area contributed by atoms with Crippen LogP contribution in [0, 0.1) is 0 Å². The molecule has 1 aromatic rings. The van der Waals surface area contributed by atoms with Gasteiger partial charge in [0.25, 0.3) is 5.91 Å². The Labute approximate surface area is 188 Å². The molecule has 0 radical (unpaired) electrons. The molecule has 4 amide bonds. The average molecular weight is 467 g/mol. The molecule has 1 aliphatic rings. The summed E-state index contributed by atoms with van der Waals surface area (Å²) < 4.78 is 0. The monoisotopic (exact) mass is 466 g/mol. The second-order valence-corrected chi connectivity index (χ2v) is 7.56. The van der Waals surface area contributed by atoms with Gasteiger partial charge in [0, 0.05) is 19.2 Å². The van der Waals surface area contributed by atoms with E-state index in [1.54, 1.807) is 0 Å². The van der Waals surface area contributed by atoms with Crippen LogP contribution >= 0.6 is 11.6 Å². The van der Waals surface area contributed by atoms with Crippen LogP contribution in [0.4, 0.5) is 5.69 Å². The number of carbonyl (C=O) groups excluding carboxylic acids is 5. The van der Waals surface area contributed by atoms with Crippen molar-refractivity contribution in [3.63, 3.8) is 0 Å². The number of amides is 4. The molecule has 0 bridgehead atoms. The Hall–Kier alpha value is -3.47. The third-order valence-electron chi connectivity index (χ3n) is 4.70. The molecule has 4 N–H and O–H groups in total. The zero-order valence-electron chi connectivity index (χ0n) is 17.2. The largest absolute Gasteiger partial charge is 0.481 e. The number of anilines is 1. The Morgan fingerprint density at radius 3 is 2.59 bits per heavy atom. The minimum atomic E-state index is -1.24. The molecule has 32 heavy (non-hydrogen) atoms. The Kier molecular flexibility index (Phi) is 8.71. The lowest BCUT2D eigenvalue weighted by molar-refractivity contribution is -0.140. The quantitative estimate of drug-likeness (QED) is 0.377. The van der Waals surface area contributed by atoms with Crippen LogP contribution in [0.1, 0.15) is 36.5 Å². The van der Waals surface area contributed by atoms with Crippen molar-refractivity contribution >= 4 is 53.2 Å². The van der Waals surface area contributed by atoms with Crippen LogP contribution in [0.3, 0.4) is 0 Å². The summed E-state index contributed by atoms with van der Waals surface area (Å²) >= 11 is 6.08. The number of benzene rings is 1. The topological polar surface area (TPSA) is 162 Å². The van der Waals surface area contributed by atoms with E-state index in [0.717, 1.165) is 0 Å². The van der Waals surface area contributed by atoms with Gasteiger partial charge in [0.05, 0.1) is 29.6 Å². The number of carbonyl (C=O) groups is 6. The van der Waals surface area contributed by atoms with Crippen molar-refractivity contribution in [1.82, 2.24) is 15.5 Å². The number of aliphatic carboxylic acids is 1. The number of rotatable bonds is 9. The first-order valence-electron chi connectivity index (χ1n) is 9.74. The fourth-order valence-electron chi connectivity index (χ4n) is 3.27. The van der Waals surface area contributed by atoms with Crippen LogP contribution in [0.5, 0.6) is 0 Å². The van der Waals surface area contributed by atoms with E-state index in [-0.39, 0.29) is 23.0 Å². The van der Waals surface area contributed by atoms with Crippen molar-refractivity contribution in [3.05, 3.63) is 28.8 Å². The highest BCUT2D eigenvalue weighted by Crippen LogP contribution is 2.21. The molecule has 0 aromatic heterocycles. The highest BCUT2D eigenvalue weighted by Gasteiger charge is 2.35. The second kappa shape index (κ2) is 11.2. The molecular weight excluding hydrogens is 444 g/mol. The van der Waals surface area contributed by atoms with Crippen LogP contribution in [0.2, 0.25) is 5.02 Å². The molecule has 1 aliphatic heterocycles. The number of aldehydes is 1. The van der Waals surface area contributed by atoms with E-state index in [4.69, 9.17) is 16.7 Å². The summed E-state index contributed by atoms with van der Waals surface area (Å²) in [5.74, 6) is -3.29. The lowest BCUT2D eigenvalue weighted by Gasteiger charge is -2.25. The number of carboxylic acid groups (broad SMARTS) is 1. The van der Waals surface area contributed by atoms with Gasteiger partial charge in [-0.2, -0.15) is 0 Å². The highest BCUT2D eigenvalue weighted by atomic mass is 35.5. The molecule has 1 fully saturated rings. The number of carboxylic acids is 1. The van der Waals surface area contributed by atoms with E-state index in [9.17, 15) is 28.8 Å². The van der Waals surface area contributed by atoms with E-state index in [2.05, 4.69) is 16.0 Å². The number of likely N-dealkylation sites (tertiary alicyclic amines) is 1. The van der Waals surface area contributed by atoms with Crippen LogP contribution in [0.25, 0.3) is 0 Å². The van der Waals surface area contributed by atoms with Gasteiger partial charge in [0.15, 0.2) is 0 Å². The molecule has 0 saturated carbocycles. The number of nitrogens with zero attached hydrogens (tertiary/aromatic N) is 1. The summed E-state index contributed by atoms with van der Waals surface area (Å²) in [6.45, 7) is 1.22. The molecule has 11 nitrogen and oxygen atoms in total. The zero-order chi connectivity index (χ0) is 23.8. The van der Waals surface area contributed by atoms with Crippen molar-refractivity contribution < 1.29 is 33.9 Å². The third-order valence-corrected chi connectivity index (χ3v) is 5.01. The lowest BCUT2D eigenvalue weighted by Crippen LogP contribution is -2.51. The average Bonchev–Trinajstić information content (AvgIpc) is 3.20. The zero-order valence-corrected chi connectivity index (χ0v) is 18.0. The lowest BCUT2D eigenvalue weighted by atomic mass is 10.1. The molecule has 1 heterocycles. The number of halogens is 1. The summed E-state index contributed by atoms with van der Waals surface area (Å²) in [6.07, 6.45) is 0.654. The maximum absolute atomic E-state index is 12.6. The standard InChI is InChI=1S/C20H23ClN4O7/c1-11(27)23-12-4-5-14(15(21)7-12)19(31)22-9-17(28)25-6-2-3-16(25)20(32)24-13(10-26)8-18(29)30/h4-5,7,10,13,16H,2-3,6,8-9H2,1H3,(H,22,31)(H,23,27)(H,24,32)(H,29,30)/t13-,16-/m0/s1. The van der Waals surface area contributed by atoms with E-state index in [0.29, 0.717) is 24.8 Å². The maximum Gasteiger partial charge on any atom is 0.305 e. The molecule has 1 saturated heterocycles. The summed E-state index contributed by atoms with van der Waals surface area (Å²) in [7, 11) is 0. The van der Waals surface area contributed by atoms with E-state index < -0.39 is 48.7 Å². The van der Waals surface area contributed by atoms with Gasteiger partial charge < -0.3 is 30.8 Å². The van der Waals surface area contributed by atoms with Crippen molar-refractivity contribution in [2.75, 3.05) is 18.4 Å². The first-order valence-corrected chi connectivity index (χ1v) is 10.1. The van der Waals surface area contributed by atoms with Crippen molar-refractivity contribution in [2.45, 2.75) is 38.3 Å². The van der Waals surface area contributed by atoms with Gasteiger partial charge in [0.1, 0.15) is 12.3 Å². The number of nitrogens with one attached hydrogen (secondary N) is 3. The van der Waals surface area contributed by atoms with Gasteiger partial charge in [0.2, 0.25) is 17.7 Å². The van der Waals surface area contributed by atoms with Crippen molar-refractivity contribution in [3.8, 4) is 0 Å². The fraction of sp³-hybridized carbons (Fsp3) is 0.400. The van der Waals surface area contributed by atoms with Crippen molar-refractivity contribution in [1.29, 1.82) is 0 Å². The predicted octanol–water partition coefficient (Wildman–Crippen LogP) is 0.178. The van der Waals surface area contributed by atoms with Gasteiger partial charge in [-0.25, -0.2) is 0 Å². The summed E-state index contributed by atoms with van der Waals surface area (Å²) in [6, 6.07) is 2.24. The van der Waals surface area contributed by atoms with Crippen molar-refractivity contribution in [2.24, 2.45) is 0 Å². The molecule has 2 rings (SSSR count). The highest BCUT2D eigenvalue weighted by molar-refractivity contribution is 6.34. The fourth-order valence-corrected chi connectivity index (χ4v) is 3.54. The van der Waals surface area contributed by atoms with Gasteiger partial charge in [-0.05, 0) is 31.0 Å². The normalized spacial score (nSPS) is 16.1. The van der Waals surface area contributed by atoms with Gasteiger partial charge in [-0.3, -0.25) is 24.0 Å². The van der Waals surface area contributed by atoms with Gasteiger partial charge in [-0.15, -0.1) is 0 Å². The second-order valence-electron chi connectivity index (χ2n) is 7.15. The minimum Gasteiger partial charge on any atom is -0.481 e. The smallest absolute Gasteiger partial charge is 0.305 e. The molecule has 0 unspecified atom stereocenters. The summed E-state index contributed by atoms with van der Waals surface area (Å²) in [5.41, 5.74) is 0.518. The Bertz CT molecular complexity index is 937. The van der Waals surface area contributed by atoms with Crippen LogP contribution in [-0.4, -0.2) is 71.1 Å². The Morgan fingerprint density at radius 1 is 1.28 bits per heavy atom. The number of hydrogen-bond acceptors (Lipinski definition) is 6. The Morgan fingerprint density at radius 2 is 2.00 bits per heavy atom. The van der Waals surface area contributed by atoms with Gasteiger partial charge in [-0.1, -0.05) is 11.6 Å². The molecule has 0 spiro atoms. The molecular formula is C20H23ClN4O7. The molecule has 12 heteroatoms. The number of hydrogen-bond donors (Lipinski definition) is 4. The minimum absolute atomic E-state index is 0.0814. The van der Waals surface area contributed by atoms with E-state index in [1.165, 1.54) is 30.0 Å². The molecule has 0 aliphatic carbocycles. The Balaban J connectivity index is 1.96. The van der Waals surface area contributed by atoms with Crippen LogP contribution < -0.4 is 16.0 Å². The first kappa shape index (κ1) is 24.8. The van der Waals surface area contributed by atoms with Gasteiger partial charge >= 0.3 is 5.97 Å². The third kappa shape index (κ3) is 6.77. The maximum atomic E-state index is 12.6. The summed E-state index contributed by atoms with van der Waals surface area (Å²) in [4.78, 5) is 71.5. The summed E-state index contributed by atoms with van der Waals surface area (Å²) in [5, 5.41) is 16.2. The first-order chi connectivity index (χ1) is 15.1. The SMILES string of the molecule is CC(=O)Nc1ccc(C(=O)NCC(=O)N2CCC[C@H]2C(=O)N[C@H](C=O)CC(=O)O)c(Cl)c1.